The maximum absolute atomic E-state index is 12.9. The lowest BCUT2D eigenvalue weighted by Crippen LogP contribution is -2.08. The van der Waals surface area contributed by atoms with Crippen molar-refractivity contribution in [3.63, 3.8) is 0 Å². The fourth-order valence-electron chi connectivity index (χ4n) is 2.98. The molecular weight excluding hydrogens is 356 g/mol. The van der Waals surface area contributed by atoms with Gasteiger partial charge in [0, 0.05) is 6.42 Å². The zero-order valence-electron chi connectivity index (χ0n) is 17.2. The van der Waals surface area contributed by atoms with Gasteiger partial charge in [-0.25, -0.2) is 0 Å². The molecule has 0 saturated heterocycles. The first-order valence-corrected chi connectivity index (χ1v) is 9.94. The summed E-state index contributed by atoms with van der Waals surface area (Å²) in [5, 5.41) is 0. The summed E-state index contributed by atoms with van der Waals surface area (Å²) in [5.74, 6) is 2.69. The summed E-state index contributed by atoms with van der Waals surface area (Å²) >= 11 is 0. The average molecular weight is 386 g/mol. The third-order valence-corrected chi connectivity index (χ3v) is 4.13. The van der Waals surface area contributed by atoms with E-state index in [1.165, 1.54) is 0 Å². The normalized spacial score (nSPS) is 10.4. The van der Waals surface area contributed by atoms with Gasteiger partial charge >= 0.3 is 0 Å². The van der Waals surface area contributed by atoms with Crippen molar-refractivity contribution < 1.29 is 23.7 Å². The third-order valence-electron chi connectivity index (χ3n) is 4.13. The molecule has 0 aliphatic heterocycles. The molecule has 0 unspecified atom stereocenters. The number of aryl methyl sites for hydroxylation is 1. The number of benzene rings is 2. The van der Waals surface area contributed by atoms with Gasteiger partial charge in [0.05, 0.1) is 32.0 Å². The summed E-state index contributed by atoms with van der Waals surface area (Å²) in [6, 6.07) is 11.2. The molecule has 2 aromatic carbocycles. The monoisotopic (exact) mass is 386 g/mol. The van der Waals surface area contributed by atoms with Crippen LogP contribution in [0.1, 0.15) is 50.0 Å². The molecule has 0 radical (unpaired) electrons. The maximum Gasteiger partial charge on any atom is 0.171 e. The quantitative estimate of drug-likeness (QED) is 0.475. The van der Waals surface area contributed by atoms with Gasteiger partial charge < -0.3 is 18.9 Å². The Labute approximate surface area is 167 Å². The van der Waals surface area contributed by atoms with Crippen molar-refractivity contribution >= 4 is 5.78 Å². The van der Waals surface area contributed by atoms with Gasteiger partial charge in [0.15, 0.2) is 17.3 Å². The van der Waals surface area contributed by atoms with Crippen molar-refractivity contribution in [2.45, 2.75) is 40.5 Å². The summed E-state index contributed by atoms with van der Waals surface area (Å²) in [6.45, 7) is 9.83. The molecule has 28 heavy (non-hydrogen) atoms. The van der Waals surface area contributed by atoms with Crippen LogP contribution in [0.3, 0.4) is 0 Å². The van der Waals surface area contributed by atoms with E-state index >= 15 is 0 Å². The van der Waals surface area contributed by atoms with Gasteiger partial charge in [-0.1, -0.05) is 6.07 Å². The minimum absolute atomic E-state index is 0.00858. The Balaban J connectivity index is 2.22. The molecule has 0 aliphatic carbocycles. The van der Waals surface area contributed by atoms with Crippen LogP contribution in [0, 0.1) is 0 Å². The fourth-order valence-corrected chi connectivity index (χ4v) is 2.98. The van der Waals surface area contributed by atoms with Gasteiger partial charge in [-0.2, -0.15) is 0 Å². The maximum atomic E-state index is 12.9. The second kappa shape index (κ2) is 11.2. The standard InChI is InChI=1S/C23H30O5/c1-5-25-18-13-15-21(26-6-2)17(16-18)12-14-20(24)19-10-9-11-22(27-7-3)23(19)28-8-4/h9-11,13,15-16H,5-8,12,14H2,1-4H3. The summed E-state index contributed by atoms with van der Waals surface area (Å²) < 4.78 is 22.6. The third kappa shape index (κ3) is 5.65. The first kappa shape index (κ1) is 21.6. The number of ketones is 1. The van der Waals surface area contributed by atoms with Crippen LogP contribution >= 0.6 is 0 Å². The molecule has 0 saturated carbocycles. The molecule has 0 atom stereocenters. The summed E-state index contributed by atoms with van der Waals surface area (Å²) in [4.78, 5) is 12.9. The Bertz CT molecular complexity index is 770. The molecule has 5 heteroatoms. The molecule has 0 aromatic heterocycles. The zero-order chi connectivity index (χ0) is 20.4. The van der Waals surface area contributed by atoms with Crippen LogP contribution < -0.4 is 18.9 Å². The van der Waals surface area contributed by atoms with Crippen LogP contribution in [-0.2, 0) is 6.42 Å². The number of carbonyl (C=O) groups is 1. The number of carbonyl (C=O) groups excluding carboxylic acids is 1. The molecule has 2 rings (SSSR count). The number of hydrogen-bond donors (Lipinski definition) is 0. The fraction of sp³-hybridized carbons (Fsp3) is 0.435. The van der Waals surface area contributed by atoms with E-state index in [1.54, 1.807) is 6.07 Å². The summed E-state index contributed by atoms with van der Waals surface area (Å²) in [7, 11) is 0. The minimum atomic E-state index is 0.00858. The molecule has 0 amide bonds. The predicted molar refractivity (Wildman–Crippen MR) is 110 cm³/mol. The molecule has 0 heterocycles. The number of Topliss-reactive ketones (excluding diaryl/α,β-unsaturated/α-hetero) is 1. The molecule has 152 valence electrons. The van der Waals surface area contributed by atoms with E-state index in [4.69, 9.17) is 18.9 Å². The molecule has 5 nitrogen and oxygen atoms in total. The Morgan fingerprint density at radius 3 is 2.14 bits per heavy atom. The van der Waals surface area contributed by atoms with Crippen LogP contribution in [0.5, 0.6) is 23.0 Å². The minimum Gasteiger partial charge on any atom is -0.494 e. The van der Waals surface area contributed by atoms with E-state index in [0.29, 0.717) is 56.3 Å². The van der Waals surface area contributed by atoms with Crippen LogP contribution in [0.15, 0.2) is 36.4 Å². The molecule has 0 bridgehead atoms. The van der Waals surface area contributed by atoms with Crippen molar-refractivity contribution in [1.29, 1.82) is 0 Å². The lowest BCUT2D eigenvalue weighted by Gasteiger charge is -2.15. The number of ether oxygens (including phenoxy) is 4. The van der Waals surface area contributed by atoms with Gasteiger partial charge in [-0.15, -0.1) is 0 Å². The molecular formula is C23H30O5. The van der Waals surface area contributed by atoms with Crippen molar-refractivity contribution in [3.8, 4) is 23.0 Å². The zero-order valence-corrected chi connectivity index (χ0v) is 17.2. The number of hydrogen-bond acceptors (Lipinski definition) is 5. The first-order valence-electron chi connectivity index (χ1n) is 9.94. The lowest BCUT2D eigenvalue weighted by molar-refractivity contribution is 0.0978. The highest BCUT2D eigenvalue weighted by atomic mass is 16.5. The second-order valence-electron chi connectivity index (χ2n) is 6.06. The molecule has 0 spiro atoms. The first-order chi connectivity index (χ1) is 13.6. The lowest BCUT2D eigenvalue weighted by atomic mass is 10.0. The molecule has 2 aromatic rings. The Morgan fingerprint density at radius 2 is 1.46 bits per heavy atom. The topological polar surface area (TPSA) is 54.0 Å². The smallest absolute Gasteiger partial charge is 0.171 e. The van der Waals surface area contributed by atoms with Gasteiger partial charge in [0.25, 0.3) is 0 Å². The van der Waals surface area contributed by atoms with Gasteiger partial charge in [-0.05, 0) is 70.0 Å². The highest BCUT2D eigenvalue weighted by molar-refractivity contribution is 5.99. The highest BCUT2D eigenvalue weighted by Gasteiger charge is 2.18. The van der Waals surface area contributed by atoms with Crippen LogP contribution in [0.2, 0.25) is 0 Å². The van der Waals surface area contributed by atoms with Crippen molar-refractivity contribution in [2.75, 3.05) is 26.4 Å². The molecule has 0 fully saturated rings. The van der Waals surface area contributed by atoms with Gasteiger partial charge in [0.2, 0.25) is 0 Å². The SMILES string of the molecule is CCOc1ccc(OCC)c(CCC(=O)c2cccc(OCC)c2OCC)c1. The van der Waals surface area contributed by atoms with E-state index in [0.717, 1.165) is 17.1 Å². The van der Waals surface area contributed by atoms with Crippen molar-refractivity contribution in [2.24, 2.45) is 0 Å². The van der Waals surface area contributed by atoms with Crippen molar-refractivity contribution in [1.82, 2.24) is 0 Å². The highest BCUT2D eigenvalue weighted by Crippen LogP contribution is 2.33. The van der Waals surface area contributed by atoms with E-state index < -0.39 is 0 Å². The number of para-hydroxylation sites is 1. The van der Waals surface area contributed by atoms with Gasteiger partial charge in [-0.3, -0.25) is 4.79 Å². The molecule has 0 aliphatic rings. The van der Waals surface area contributed by atoms with E-state index in [2.05, 4.69) is 0 Å². The Kier molecular flexibility index (Phi) is 8.66. The van der Waals surface area contributed by atoms with E-state index in [-0.39, 0.29) is 5.78 Å². The molecule has 0 N–H and O–H groups in total. The summed E-state index contributed by atoms with van der Waals surface area (Å²) in [6.07, 6.45) is 0.894. The van der Waals surface area contributed by atoms with Gasteiger partial charge in [0.1, 0.15) is 11.5 Å². The second-order valence-corrected chi connectivity index (χ2v) is 6.06. The predicted octanol–water partition coefficient (Wildman–Crippen LogP) is 5.10. The number of rotatable bonds is 12. The van der Waals surface area contributed by atoms with Crippen molar-refractivity contribution in [3.05, 3.63) is 47.5 Å². The summed E-state index contributed by atoms with van der Waals surface area (Å²) in [5.41, 5.74) is 1.51. The Hall–Kier alpha value is -2.69. The Morgan fingerprint density at radius 1 is 0.786 bits per heavy atom. The van der Waals surface area contributed by atoms with E-state index in [9.17, 15) is 4.79 Å². The van der Waals surface area contributed by atoms with Crippen LogP contribution in [0.25, 0.3) is 0 Å². The van der Waals surface area contributed by atoms with E-state index in [1.807, 2.05) is 58.0 Å². The van der Waals surface area contributed by atoms with Crippen LogP contribution in [0.4, 0.5) is 0 Å². The van der Waals surface area contributed by atoms with Crippen LogP contribution in [-0.4, -0.2) is 32.2 Å². The largest absolute Gasteiger partial charge is 0.494 e. The average Bonchev–Trinajstić information content (AvgIpc) is 2.69.